The molecular formula is C15H25BFNO2. The Morgan fingerprint density at radius 2 is 1.55 bits per heavy atom. The fourth-order valence-corrected chi connectivity index (χ4v) is 3.54. The van der Waals surface area contributed by atoms with E-state index in [1.807, 2.05) is 27.7 Å². The van der Waals surface area contributed by atoms with Crippen LogP contribution >= 0.6 is 0 Å². The minimum Gasteiger partial charge on any atom is -0.398 e. The van der Waals surface area contributed by atoms with E-state index in [1.54, 1.807) is 0 Å². The van der Waals surface area contributed by atoms with Crippen molar-refractivity contribution >= 4 is 7.12 Å². The van der Waals surface area contributed by atoms with Gasteiger partial charge in [0.25, 0.3) is 0 Å². The zero-order chi connectivity index (χ0) is 14.7. The largest absolute Gasteiger partial charge is 0.525 e. The highest BCUT2D eigenvalue weighted by Crippen LogP contribution is 2.43. The van der Waals surface area contributed by atoms with Crippen LogP contribution in [0.25, 0.3) is 0 Å². The third kappa shape index (κ3) is 2.14. The van der Waals surface area contributed by atoms with Crippen molar-refractivity contribution in [2.75, 3.05) is 7.05 Å². The number of hydrogen-bond donors (Lipinski definition) is 0. The van der Waals surface area contributed by atoms with Gasteiger partial charge in [0.05, 0.1) is 11.2 Å². The number of fused-ring (bicyclic) bond motifs is 2. The van der Waals surface area contributed by atoms with E-state index in [9.17, 15) is 4.39 Å². The molecule has 0 aromatic carbocycles. The molecule has 3 rings (SSSR count). The molecule has 0 N–H and O–H groups in total. The van der Waals surface area contributed by atoms with Gasteiger partial charge in [-0.3, -0.25) is 4.90 Å². The van der Waals surface area contributed by atoms with Gasteiger partial charge in [0, 0.05) is 12.1 Å². The summed E-state index contributed by atoms with van der Waals surface area (Å²) in [6.45, 7) is 7.85. The summed E-state index contributed by atoms with van der Waals surface area (Å²) in [5.74, 6) is 0. The molecule has 2 bridgehead atoms. The first-order valence-electron chi connectivity index (χ1n) is 7.66. The van der Waals surface area contributed by atoms with E-state index in [2.05, 4.69) is 11.9 Å². The molecule has 3 nitrogen and oxygen atoms in total. The monoisotopic (exact) mass is 281 g/mol. The lowest BCUT2D eigenvalue weighted by atomic mass is 9.80. The fourth-order valence-electron chi connectivity index (χ4n) is 3.54. The molecule has 0 aromatic heterocycles. The maximum absolute atomic E-state index is 14.8. The van der Waals surface area contributed by atoms with E-state index in [-0.39, 0.29) is 5.73 Å². The molecule has 0 amide bonds. The van der Waals surface area contributed by atoms with Gasteiger partial charge in [-0.25, -0.2) is 4.39 Å². The highest BCUT2D eigenvalue weighted by Gasteiger charge is 2.54. The molecule has 3 aliphatic rings. The maximum Gasteiger partial charge on any atom is 0.525 e. The van der Waals surface area contributed by atoms with Crippen molar-refractivity contribution in [2.45, 2.75) is 76.7 Å². The zero-order valence-electron chi connectivity index (χ0n) is 13.2. The van der Waals surface area contributed by atoms with Gasteiger partial charge in [-0.15, -0.1) is 0 Å². The average molecular weight is 281 g/mol. The molecule has 112 valence electrons. The van der Waals surface area contributed by atoms with Crippen LogP contribution in [0.3, 0.4) is 0 Å². The molecule has 0 radical (unpaired) electrons. The van der Waals surface area contributed by atoms with Gasteiger partial charge in [0.1, 0.15) is 5.73 Å². The van der Waals surface area contributed by atoms with Crippen LogP contribution in [0, 0.1) is 0 Å². The summed E-state index contributed by atoms with van der Waals surface area (Å²) >= 11 is 0. The van der Waals surface area contributed by atoms with Crippen molar-refractivity contribution in [1.29, 1.82) is 0 Å². The Kier molecular flexibility index (Phi) is 3.31. The molecule has 5 heteroatoms. The molecule has 0 saturated carbocycles. The third-order valence-electron chi connectivity index (χ3n) is 5.75. The summed E-state index contributed by atoms with van der Waals surface area (Å²) in [6.07, 6.45) is 4.01. The molecule has 3 fully saturated rings. The van der Waals surface area contributed by atoms with Gasteiger partial charge in [0.15, 0.2) is 0 Å². The van der Waals surface area contributed by atoms with Crippen molar-refractivity contribution in [3.05, 3.63) is 11.3 Å². The molecule has 0 spiro atoms. The van der Waals surface area contributed by atoms with Crippen LogP contribution < -0.4 is 0 Å². The van der Waals surface area contributed by atoms with Gasteiger partial charge < -0.3 is 9.31 Å². The standard InChI is InChI=1S/C15H25BFNO2/c1-14(2)15(3,4)20-16(19-14)13(17)10-8-11-6-7-12(9-10)18(11)5/h11-12H,6-9H2,1-5H3. The summed E-state index contributed by atoms with van der Waals surface area (Å²) in [7, 11) is 1.34. The first-order chi connectivity index (χ1) is 9.21. The second-order valence-corrected chi connectivity index (χ2v) is 7.50. The Morgan fingerprint density at radius 3 is 2.00 bits per heavy atom. The average Bonchev–Trinajstić information content (AvgIpc) is 2.70. The summed E-state index contributed by atoms with van der Waals surface area (Å²) in [6, 6.07) is 0.994. The van der Waals surface area contributed by atoms with Crippen molar-refractivity contribution in [1.82, 2.24) is 4.90 Å². The Morgan fingerprint density at radius 1 is 1.10 bits per heavy atom. The van der Waals surface area contributed by atoms with E-state index in [0.717, 1.165) is 18.4 Å². The van der Waals surface area contributed by atoms with Crippen molar-refractivity contribution < 1.29 is 13.7 Å². The molecule has 20 heavy (non-hydrogen) atoms. The number of rotatable bonds is 1. The van der Waals surface area contributed by atoms with E-state index >= 15 is 0 Å². The molecule has 3 heterocycles. The smallest absolute Gasteiger partial charge is 0.398 e. The molecule has 2 atom stereocenters. The van der Waals surface area contributed by atoms with E-state index < -0.39 is 18.3 Å². The second-order valence-electron chi connectivity index (χ2n) is 7.50. The van der Waals surface area contributed by atoms with Crippen LogP contribution in [0.2, 0.25) is 0 Å². The van der Waals surface area contributed by atoms with E-state index in [4.69, 9.17) is 9.31 Å². The van der Waals surface area contributed by atoms with Crippen molar-refractivity contribution in [3.63, 3.8) is 0 Å². The Hall–Kier alpha value is -0.385. The molecular weight excluding hydrogens is 256 g/mol. The number of nitrogens with zero attached hydrogens (tertiary/aromatic N) is 1. The molecule has 0 aliphatic carbocycles. The van der Waals surface area contributed by atoms with Crippen LogP contribution in [0.4, 0.5) is 4.39 Å². The molecule has 3 saturated heterocycles. The summed E-state index contributed by atoms with van der Waals surface area (Å²) in [5.41, 5.74) is -0.206. The van der Waals surface area contributed by atoms with Crippen molar-refractivity contribution in [3.8, 4) is 0 Å². The quantitative estimate of drug-likeness (QED) is 0.689. The Bertz CT molecular complexity index is 417. The van der Waals surface area contributed by atoms with Crippen LogP contribution in [0.1, 0.15) is 53.4 Å². The lowest BCUT2D eigenvalue weighted by molar-refractivity contribution is 0.00578. The predicted molar refractivity (Wildman–Crippen MR) is 78.0 cm³/mol. The van der Waals surface area contributed by atoms with Gasteiger partial charge in [-0.1, -0.05) is 0 Å². The Labute approximate surface area is 121 Å². The molecule has 3 aliphatic heterocycles. The zero-order valence-corrected chi connectivity index (χ0v) is 13.2. The van der Waals surface area contributed by atoms with Crippen LogP contribution in [0.15, 0.2) is 11.3 Å². The first kappa shape index (κ1) is 14.5. The molecule has 2 unspecified atom stereocenters. The maximum atomic E-state index is 14.8. The highest BCUT2D eigenvalue weighted by atomic mass is 19.1. The summed E-state index contributed by atoms with van der Waals surface area (Å²) in [4.78, 5) is 2.40. The van der Waals surface area contributed by atoms with Gasteiger partial charge >= 0.3 is 7.12 Å². The van der Waals surface area contributed by atoms with Gasteiger partial charge in [-0.2, -0.15) is 0 Å². The van der Waals surface area contributed by atoms with E-state index in [0.29, 0.717) is 12.1 Å². The lowest BCUT2D eigenvalue weighted by Gasteiger charge is -2.33. The number of hydrogen-bond acceptors (Lipinski definition) is 3. The minimum absolute atomic E-state index is 0.173. The lowest BCUT2D eigenvalue weighted by Crippen LogP contribution is -2.41. The van der Waals surface area contributed by atoms with Crippen molar-refractivity contribution in [2.24, 2.45) is 0 Å². The van der Waals surface area contributed by atoms with Crippen LogP contribution in [-0.2, 0) is 9.31 Å². The Balaban J connectivity index is 1.80. The molecule has 0 aromatic rings. The minimum atomic E-state index is -0.821. The van der Waals surface area contributed by atoms with E-state index in [1.165, 1.54) is 12.8 Å². The summed E-state index contributed by atoms with van der Waals surface area (Å²) in [5, 5.41) is 0. The second kappa shape index (κ2) is 4.55. The topological polar surface area (TPSA) is 21.7 Å². The van der Waals surface area contributed by atoms with Crippen LogP contribution in [-0.4, -0.2) is 42.4 Å². The first-order valence-corrected chi connectivity index (χ1v) is 7.66. The normalized spacial score (nSPS) is 35.7. The third-order valence-corrected chi connectivity index (χ3v) is 5.75. The predicted octanol–water partition coefficient (Wildman–Crippen LogP) is 3.10. The number of halogens is 1. The number of piperidine rings is 1. The van der Waals surface area contributed by atoms with Gasteiger partial charge in [0.2, 0.25) is 0 Å². The summed E-state index contributed by atoms with van der Waals surface area (Å²) < 4.78 is 26.4. The fraction of sp³-hybridized carbons (Fsp3) is 0.867. The SMILES string of the molecule is CN1C2CCC1CC(=C(F)B1OC(C)(C)C(C)(C)O1)C2. The van der Waals surface area contributed by atoms with Crippen LogP contribution in [0.5, 0.6) is 0 Å². The highest BCUT2D eigenvalue weighted by molar-refractivity contribution is 6.53. The van der Waals surface area contributed by atoms with Gasteiger partial charge in [-0.05, 0) is 66.0 Å².